The Balaban J connectivity index is 0.966. The van der Waals surface area contributed by atoms with Gasteiger partial charge in [0.05, 0.1) is 67.6 Å². The van der Waals surface area contributed by atoms with Gasteiger partial charge >= 0.3 is 0 Å². The summed E-state index contributed by atoms with van der Waals surface area (Å²) in [5.74, 6) is 1.86. The van der Waals surface area contributed by atoms with Crippen LogP contribution >= 0.6 is 0 Å². The molecule has 2 aliphatic rings. The first-order chi connectivity index (χ1) is 39.3. The second-order valence-electron chi connectivity index (χ2n) is 20.9. The zero-order valence-electron chi connectivity index (χ0n) is 44.8. The lowest BCUT2D eigenvalue weighted by Gasteiger charge is -2.38. The quantitative estimate of drug-likeness (QED) is 0.151. The summed E-state index contributed by atoms with van der Waals surface area (Å²) in [5.41, 5.74) is 26.4. The number of aromatic nitrogens is 4. The summed E-state index contributed by atoms with van der Waals surface area (Å²) in [6.07, 6.45) is 0. The lowest BCUT2D eigenvalue weighted by atomic mass is 9.84. The highest BCUT2D eigenvalue weighted by atomic mass is 15.3. The van der Waals surface area contributed by atoms with Gasteiger partial charge in [-0.05, 0) is 154 Å². The highest BCUT2D eigenvalue weighted by molar-refractivity contribution is 6.03. The molecule has 0 spiro atoms. The van der Waals surface area contributed by atoms with Gasteiger partial charge in [0.2, 0.25) is 0 Å². The molecule has 0 saturated carbocycles. The van der Waals surface area contributed by atoms with Crippen LogP contribution in [0.15, 0.2) is 255 Å². The molecule has 0 atom stereocenters. The van der Waals surface area contributed by atoms with Crippen LogP contribution in [0.5, 0.6) is 0 Å². The molecule has 2 aliphatic heterocycles. The van der Waals surface area contributed by atoms with E-state index in [-0.39, 0.29) is 0 Å². The monoisotopic (exact) mass is 1030 g/mol. The van der Waals surface area contributed by atoms with Crippen LogP contribution in [0.4, 0.5) is 56.9 Å². The van der Waals surface area contributed by atoms with Gasteiger partial charge in [0.15, 0.2) is 0 Å². The molecule has 8 heteroatoms. The number of para-hydroxylation sites is 12. The van der Waals surface area contributed by atoms with Crippen molar-refractivity contribution in [2.24, 2.45) is 14.1 Å². The largest absolute Gasteiger partial charge is 0.341 e. The summed E-state index contributed by atoms with van der Waals surface area (Å²) in [6, 6.07) is 92.5. The number of nitrogens with zero attached hydrogens (tertiary/aromatic N) is 8. The Morgan fingerprint density at radius 3 is 0.988 bits per heavy atom. The van der Waals surface area contributed by atoms with Gasteiger partial charge in [-0.15, -0.1) is 0 Å². The number of benzene rings is 11. The molecule has 0 N–H and O–H groups in total. The van der Waals surface area contributed by atoms with Gasteiger partial charge in [-0.3, -0.25) is 0 Å². The van der Waals surface area contributed by atoms with E-state index < -0.39 is 0 Å². The van der Waals surface area contributed by atoms with E-state index in [1.165, 1.54) is 0 Å². The van der Waals surface area contributed by atoms with Gasteiger partial charge in [0.1, 0.15) is 11.6 Å². The minimum absolute atomic E-state index is 0.927. The van der Waals surface area contributed by atoms with Crippen molar-refractivity contribution in [2.75, 3.05) is 33.7 Å². The summed E-state index contributed by atoms with van der Waals surface area (Å²) in [7, 11) is 8.52. The minimum Gasteiger partial charge on any atom is -0.341 e. The van der Waals surface area contributed by atoms with Crippen LogP contribution in [-0.4, -0.2) is 33.2 Å². The molecule has 382 valence electrons. The highest BCUT2D eigenvalue weighted by Gasteiger charge is 2.30. The summed E-state index contributed by atoms with van der Waals surface area (Å²) in [4.78, 5) is 19.6. The van der Waals surface area contributed by atoms with Crippen LogP contribution in [0.3, 0.4) is 0 Å². The van der Waals surface area contributed by atoms with Crippen molar-refractivity contribution >= 4 is 78.9 Å². The topological polar surface area (TPSA) is 48.6 Å². The predicted octanol–water partition coefficient (Wildman–Crippen LogP) is 18.6. The number of hydrogen-bond donors (Lipinski definition) is 0. The fourth-order valence-corrected chi connectivity index (χ4v) is 12.4. The smallest absolute Gasteiger partial charge is 0.140 e. The van der Waals surface area contributed by atoms with Crippen molar-refractivity contribution in [1.29, 1.82) is 0 Å². The van der Waals surface area contributed by atoms with E-state index in [1.54, 1.807) is 0 Å². The third-order valence-corrected chi connectivity index (χ3v) is 16.4. The normalized spacial score (nSPS) is 12.7. The predicted molar refractivity (Wildman–Crippen MR) is 333 cm³/mol. The number of hydrogen-bond acceptors (Lipinski definition) is 6. The summed E-state index contributed by atoms with van der Waals surface area (Å²) < 4.78 is 4.38. The van der Waals surface area contributed by atoms with Crippen molar-refractivity contribution < 1.29 is 0 Å². The molecule has 8 nitrogen and oxygen atoms in total. The molecule has 0 fully saturated rings. The van der Waals surface area contributed by atoms with E-state index in [0.29, 0.717) is 0 Å². The van der Waals surface area contributed by atoms with E-state index in [2.05, 4.69) is 312 Å². The molecule has 0 bridgehead atoms. The zero-order valence-corrected chi connectivity index (χ0v) is 44.8. The molecule has 0 saturated heterocycles. The fourth-order valence-electron chi connectivity index (χ4n) is 12.4. The molecule has 2 aromatic heterocycles. The van der Waals surface area contributed by atoms with Crippen LogP contribution in [0, 0.1) is 0 Å². The van der Waals surface area contributed by atoms with Crippen molar-refractivity contribution in [1.82, 2.24) is 19.1 Å². The molecule has 80 heavy (non-hydrogen) atoms. The minimum atomic E-state index is 0.927. The fraction of sp³-hybridized carbons (Fsp3) is 0.0556. The van der Waals surface area contributed by atoms with Crippen molar-refractivity contribution in [3.05, 3.63) is 255 Å². The van der Waals surface area contributed by atoms with E-state index in [4.69, 9.17) is 9.97 Å². The number of rotatable bonds is 8. The second-order valence-corrected chi connectivity index (χ2v) is 20.9. The third-order valence-electron chi connectivity index (χ3n) is 16.4. The van der Waals surface area contributed by atoms with E-state index in [1.807, 2.05) is 0 Å². The maximum atomic E-state index is 5.13. The summed E-state index contributed by atoms with van der Waals surface area (Å²) >= 11 is 0. The Bertz CT molecular complexity index is 4310. The number of anilines is 10. The van der Waals surface area contributed by atoms with E-state index >= 15 is 0 Å². The van der Waals surface area contributed by atoms with Crippen molar-refractivity contribution in [2.45, 2.75) is 0 Å². The Kier molecular flexibility index (Phi) is 10.9. The Morgan fingerprint density at radius 2 is 0.600 bits per heavy atom. The number of fused-ring (bicyclic) bond motifs is 6. The molecular weight excluding hydrogens is 977 g/mol. The maximum Gasteiger partial charge on any atom is 0.140 e. The zero-order chi connectivity index (χ0) is 53.6. The molecular formula is C72H54N8. The van der Waals surface area contributed by atoms with E-state index in [0.717, 1.165) is 146 Å². The van der Waals surface area contributed by atoms with Crippen LogP contribution in [0.2, 0.25) is 0 Å². The van der Waals surface area contributed by atoms with Gasteiger partial charge in [0, 0.05) is 50.7 Å². The van der Waals surface area contributed by atoms with Gasteiger partial charge in [-0.25, -0.2) is 9.97 Å². The van der Waals surface area contributed by atoms with Crippen molar-refractivity contribution in [3.63, 3.8) is 0 Å². The average Bonchev–Trinajstić information content (AvgIpc) is 4.21. The first-order valence-electron chi connectivity index (χ1n) is 27.2. The van der Waals surface area contributed by atoms with Crippen molar-refractivity contribution in [3.8, 4) is 67.3 Å². The summed E-state index contributed by atoms with van der Waals surface area (Å²) in [5, 5.41) is 0. The van der Waals surface area contributed by atoms with Gasteiger partial charge in [0.25, 0.3) is 0 Å². The number of imidazole rings is 2. The lowest BCUT2D eigenvalue weighted by molar-refractivity contribution is 0.959. The van der Waals surface area contributed by atoms with Gasteiger partial charge in [-0.2, -0.15) is 0 Å². The SMILES string of the molecule is CN1c2ccccc2N(c2cccc(-c3cc(-c4ccc(-c5nc6ccccc6n5C)cc4)cc(-c4cccc(N5c6ccccc6N(C)c6ccccc65)c4)c3-c3ccc(-c4nc5ccccc5n4C)cc3)c2)c2ccccc21. The first-order valence-corrected chi connectivity index (χ1v) is 27.2. The molecule has 11 aromatic carbocycles. The number of aryl methyl sites for hydroxylation is 2. The molecule has 13 aromatic rings. The third kappa shape index (κ3) is 7.52. The van der Waals surface area contributed by atoms with Crippen LogP contribution in [-0.2, 0) is 14.1 Å². The molecule has 0 aliphatic carbocycles. The first kappa shape index (κ1) is 46.8. The van der Waals surface area contributed by atoms with Crippen LogP contribution in [0.1, 0.15) is 0 Å². The average molecular weight is 1030 g/mol. The highest BCUT2D eigenvalue weighted by Crippen LogP contribution is 2.54. The summed E-state index contributed by atoms with van der Waals surface area (Å²) in [6.45, 7) is 0. The standard InChI is InChI=1S/C72H54N8/c1-75-62-27-9-13-31-66(62)79(67-32-14-10-28-63(67)75)54-21-17-19-51(43-54)56-45-53(47-35-39-49(40-36-47)71-73-58-23-5-7-25-60(58)77(71)3)46-57(70(56)48-37-41-50(42-38-48)72-74-59-24-6-8-26-61(59)78(72)4)52-20-18-22-55(44-52)80-68-33-15-11-29-64(68)76(2)65-30-12-16-34-69(65)80/h5-46H,1-4H3. The lowest BCUT2D eigenvalue weighted by Crippen LogP contribution is -2.23. The van der Waals surface area contributed by atoms with Gasteiger partial charge < -0.3 is 28.7 Å². The Hall–Kier alpha value is -10.4. The van der Waals surface area contributed by atoms with Crippen LogP contribution < -0.4 is 19.6 Å². The molecule has 4 heterocycles. The molecule has 0 amide bonds. The van der Waals surface area contributed by atoms with E-state index in [9.17, 15) is 0 Å². The molecule has 0 unspecified atom stereocenters. The second kappa shape index (κ2) is 18.6. The molecule has 0 radical (unpaired) electrons. The Morgan fingerprint density at radius 1 is 0.263 bits per heavy atom. The van der Waals surface area contributed by atoms with Gasteiger partial charge in [-0.1, -0.05) is 146 Å². The molecule has 15 rings (SSSR count). The maximum absolute atomic E-state index is 5.13. The van der Waals surface area contributed by atoms with Crippen LogP contribution in [0.25, 0.3) is 89.4 Å². The Labute approximate surface area is 465 Å².